The summed E-state index contributed by atoms with van der Waals surface area (Å²) < 4.78 is 0. The Morgan fingerprint density at radius 2 is 1.81 bits per heavy atom. The predicted molar refractivity (Wildman–Crippen MR) is 67.6 cm³/mol. The molecule has 2 aromatic rings. The van der Waals surface area contributed by atoms with Crippen LogP contribution in [0.25, 0.3) is 0 Å². The molecule has 0 atom stereocenters. The Labute approximate surface area is 112 Å². The van der Waals surface area contributed by atoms with Gasteiger partial charge in [0.2, 0.25) is 0 Å². The van der Waals surface area contributed by atoms with Crippen molar-refractivity contribution in [2.75, 3.05) is 0 Å². The average molecular weight is 292 g/mol. The quantitative estimate of drug-likeness (QED) is 0.757. The molecule has 0 N–H and O–H groups in total. The van der Waals surface area contributed by atoms with Gasteiger partial charge in [-0.1, -0.05) is 46.6 Å². The molecule has 6 heteroatoms. The normalized spacial score (nSPS) is 10.4. The highest BCUT2D eigenvalue weighted by Gasteiger charge is 2.05. The van der Waals surface area contributed by atoms with Gasteiger partial charge in [-0.05, 0) is 18.2 Å². The fourth-order valence-electron chi connectivity index (χ4n) is 1.04. The van der Waals surface area contributed by atoms with E-state index in [0.29, 0.717) is 15.2 Å². The van der Waals surface area contributed by atoms with E-state index < -0.39 is 0 Å². The van der Waals surface area contributed by atoms with Gasteiger partial charge in [0.05, 0.1) is 5.02 Å². The fraction of sp³-hybridized carbons (Fsp3) is 0. The van der Waals surface area contributed by atoms with E-state index in [1.165, 1.54) is 18.1 Å². The maximum Gasteiger partial charge on any atom is 0.133 e. The smallest absolute Gasteiger partial charge is 0.133 e. The predicted octanol–water partition coefficient (Wildman–Crippen LogP) is 4.59. The van der Waals surface area contributed by atoms with Gasteiger partial charge >= 0.3 is 0 Å². The fourth-order valence-corrected chi connectivity index (χ4v) is 2.57. The van der Waals surface area contributed by atoms with E-state index in [1.54, 1.807) is 24.3 Å². The molecule has 0 aliphatic heterocycles. The molecular formula is C10H5Cl3N2S. The molecular weight excluding hydrogens is 287 g/mol. The molecule has 0 spiro atoms. The first-order chi connectivity index (χ1) is 7.65. The van der Waals surface area contributed by atoms with E-state index in [-0.39, 0.29) is 0 Å². The van der Waals surface area contributed by atoms with Crippen LogP contribution in [0.1, 0.15) is 0 Å². The van der Waals surface area contributed by atoms with E-state index in [1.807, 2.05) is 0 Å². The molecule has 0 aliphatic carbocycles. The van der Waals surface area contributed by atoms with Gasteiger partial charge in [0.1, 0.15) is 16.5 Å². The molecule has 1 aromatic carbocycles. The highest BCUT2D eigenvalue weighted by atomic mass is 35.5. The third kappa shape index (κ3) is 3.01. The lowest BCUT2D eigenvalue weighted by molar-refractivity contribution is 1.05. The zero-order valence-corrected chi connectivity index (χ0v) is 10.9. The van der Waals surface area contributed by atoms with E-state index >= 15 is 0 Å². The maximum absolute atomic E-state index is 6.03. The molecule has 0 radical (unpaired) electrons. The molecule has 2 nitrogen and oxygen atoms in total. The molecule has 82 valence electrons. The Morgan fingerprint density at radius 3 is 2.56 bits per heavy atom. The van der Waals surface area contributed by atoms with Crippen LogP contribution in [0, 0.1) is 0 Å². The number of rotatable bonds is 2. The molecule has 0 saturated heterocycles. The van der Waals surface area contributed by atoms with Crippen molar-refractivity contribution in [3.8, 4) is 0 Å². The van der Waals surface area contributed by atoms with Crippen LogP contribution in [0.2, 0.25) is 15.2 Å². The molecule has 1 heterocycles. The van der Waals surface area contributed by atoms with Crippen LogP contribution < -0.4 is 0 Å². The molecule has 0 fully saturated rings. The van der Waals surface area contributed by atoms with Crippen molar-refractivity contribution in [3.63, 3.8) is 0 Å². The highest BCUT2D eigenvalue weighted by Crippen LogP contribution is 2.34. The summed E-state index contributed by atoms with van der Waals surface area (Å²) in [5.74, 6) is 0. The lowest BCUT2D eigenvalue weighted by Gasteiger charge is -2.03. The largest absolute Gasteiger partial charge is 0.230 e. The minimum absolute atomic E-state index is 0.399. The molecule has 1 aromatic heterocycles. The summed E-state index contributed by atoms with van der Waals surface area (Å²) in [7, 11) is 0. The van der Waals surface area contributed by atoms with Crippen LogP contribution in [0.5, 0.6) is 0 Å². The SMILES string of the molecule is Clc1ccc(Cl)c(Sc2cc(Cl)ncn2)c1. The summed E-state index contributed by atoms with van der Waals surface area (Å²) in [6.45, 7) is 0. The Bertz CT molecular complexity index is 519. The monoisotopic (exact) mass is 290 g/mol. The number of nitrogens with zero attached hydrogens (tertiary/aromatic N) is 2. The molecule has 0 saturated carbocycles. The van der Waals surface area contributed by atoms with Gasteiger partial charge in [0.25, 0.3) is 0 Å². The summed E-state index contributed by atoms with van der Waals surface area (Å²) in [5, 5.41) is 2.39. The molecule has 0 aliphatic rings. The molecule has 0 unspecified atom stereocenters. The second-order valence-corrected chi connectivity index (χ2v) is 5.15. The van der Waals surface area contributed by atoms with E-state index in [9.17, 15) is 0 Å². The second kappa shape index (κ2) is 5.23. The van der Waals surface area contributed by atoms with E-state index in [4.69, 9.17) is 34.8 Å². The van der Waals surface area contributed by atoms with Gasteiger partial charge in [-0.2, -0.15) is 0 Å². The number of aromatic nitrogens is 2. The summed E-state index contributed by atoms with van der Waals surface area (Å²) in [4.78, 5) is 8.71. The third-order valence-electron chi connectivity index (χ3n) is 1.72. The maximum atomic E-state index is 6.03. The highest BCUT2D eigenvalue weighted by molar-refractivity contribution is 7.99. The molecule has 16 heavy (non-hydrogen) atoms. The van der Waals surface area contributed by atoms with Crippen LogP contribution in [-0.2, 0) is 0 Å². The van der Waals surface area contributed by atoms with Gasteiger partial charge in [-0.15, -0.1) is 0 Å². The lowest BCUT2D eigenvalue weighted by Crippen LogP contribution is -1.83. The van der Waals surface area contributed by atoms with Gasteiger partial charge < -0.3 is 0 Å². The summed E-state index contributed by atoms with van der Waals surface area (Å²) in [6, 6.07) is 6.93. The van der Waals surface area contributed by atoms with Gasteiger partial charge in [-0.3, -0.25) is 0 Å². The standard InChI is InChI=1S/C10H5Cl3N2S/c11-6-1-2-7(12)8(3-6)16-10-4-9(13)14-5-15-10/h1-5H. The zero-order chi connectivity index (χ0) is 11.5. The third-order valence-corrected chi connectivity index (χ3v) is 3.59. The van der Waals surface area contributed by atoms with Gasteiger partial charge in [0.15, 0.2) is 0 Å². The second-order valence-electron chi connectivity index (χ2n) is 2.86. The molecule has 0 amide bonds. The Kier molecular flexibility index (Phi) is 3.92. The minimum atomic E-state index is 0.399. The summed E-state index contributed by atoms with van der Waals surface area (Å²) >= 11 is 19.1. The first-order valence-electron chi connectivity index (χ1n) is 4.25. The molecule has 2 rings (SSSR count). The van der Waals surface area contributed by atoms with Crippen LogP contribution in [0.15, 0.2) is 40.5 Å². The van der Waals surface area contributed by atoms with Crippen molar-refractivity contribution in [1.82, 2.24) is 9.97 Å². The Morgan fingerprint density at radius 1 is 1.00 bits per heavy atom. The van der Waals surface area contributed by atoms with Gasteiger partial charge in [0, 0.05) is 16.0 Å². The van der Waals surface area contributed by atoms with Crippen molar-refractivity contribution in [3.05, 3.63) is 45.8 Å². The Balaban J connectivity index is 2.30. The summed E-state index contributed by atoms with van der Waals surface area (Å²) in [6.07, 6.45) is 1.41. The van der Waals surface area contributed by atoms with Crippen LogP contribution in [0.4, 0.5) is 0 Å². The first kappa shape index (κ1) is 12.0. The van der Waals surface area contributed by atoms with Crippen molar-refractivity contribution in [2.24, 2.45) is 0 Å². The number of benzene rings is 1. The van der Waals surface area contributed by atoms with Crippen LogP contribution in [0.3, 0.4) is 0 Å². The number of hydrogen-bond acceptors (Lipinski definition) is 3. The van der Waals surface area contributed by atoms with E-state index in [0.717, 1.165) is 9.92 Å². The van der Waals surface area contributed by atoms with E-state index in [2.05, 4.69) is 9.97 Å². The zero-order valence-electron chi connectivity index (χ0n) is 7.82. The number of halogens is 3. The van der Waals surface area contributed by atoms with Crippen LogP contribution >= 0.6 is 46.6 Å². The summed E-state index contributed by atoms with van der Waals surface area (Å²) in [5.41, 5.74) is 0. The van der Waals surface area contributed by atoms with Crippen LogP contribution in [-0.4, -0.2) is 9.97 Å². The van der Waals surface area contributed by atoms with Crippen molar-refractivity contribution in [2.45, 2.75) is 9.92 Å². The minimum Gasteiger partial charge on any atom is -0.230 e. The van der Waals surface area contributed by atoms with Gasteiger partial charge in [-0.25, -0.2) is 9.97 Å². The first-order valence-corrected chi connectivity index (χ1v) is 6.20. The number of hydrogen-bond donors (Lipinski definition) is 0. The average Bonchev–Trinajstić information content (AvgIpc) is 2.24. The van der Waals surface area contributed by atoms with Crippen molar-refractivity contribution in [1.29, 1.82) is 0 Å². The topological polar surface area (TPSA) is 25.8 Å². The lowest BCUT2D eigenvalue weighted by atomic mass is 10.4. The van der Waals surface area contributed by atoms with Crippen molar-refractivity contribution >= 4 is 46.6 Å². The van der Waals surface area contributed by atoms with Crippen molar-refractivity contribution < 1.29 is 0 Å². The molecule has 0 bridgehead atoms. The Hall–Kier alpha value is -0.480.